The third kappa shape index (κ3) is 4.68. The maximum absolute atomic E-state index is 13.2. The third-order valence-corrected chi connectivity index (χ3v) is 5.86. The Labute approximate surface area is 201 Å². The van der Waals surface area contributed by atoms with Gasteiger partial charge in [-0.25, -0.2) is 9.78 Å². The molecule has 0 saturated heterocycles. The first-order valence-electron chi connectivity index (χ1n) is 11.2. The van der Waals surface area contributed by atoms with Crippen molar-refractivity contribution in [2.24, 2.45) is 0 Å². The summed E-state index contributed by atoms with van der Waals surface area (Å²) in [6.45, 7) is -0.417. The van der Waals surface area contributed by atoms with E-state index in [1.54, 1.807) is 30.5 Å². The molecule has 2 aromatic carbocycles. The number of hydrogen-bond donors (Lipinski definition) is 1. The molecule has 1 amide bonds. The summed E-state index contributed by atoms with van der Waals surface area (Å²) < 4.78 is 10.9. The van der Waals surface area contributed by atoms with Gasteiger partial charge in [0.25, 0.3) is 5.91 Å². The van der Waals surface area contributed by atoms with Gasteiger partial charge in [-0.05, 0) is 65.9 Å². The predicted molar refractivity (Wildman–Crippen MR) is 131 cm³/mol. The van der Waals surface area contributed by atoms with E-state index in [1.807, 2.05) is 42.5 Å². The van der Waals surface area contributed by atoms with E-state index in [1.165, 1.54) is 0 Å². The Bertz CT molecular complexity index is 1480. The van der Waals surface area contributed by atoms with Crippen LogP contribution in [0.5, 0.6) is 0 Å². The number of pyridine rings is 1. The molecule has 0 spiro atoms. The number of nitriles is 1. The van der Waals surface area contributed by atoms with Gasteiger partial charge in [0.1, 0.15) is 5.76 Å². The monoisotopic (exact) mass is 463 g/mol. The average Bonchev–Trinajstić information content (AvgIpc) is 3.53. The summed E-state index contributed by atoms with van der Waals surface area (Å²) in [5.74, 6) is -0.275. The summed E-state index contributed by atoms with van der Waals surface area (Å²) in [7, 11) is 0. The molecule has 1 aliphatic carbocycles. The molecule has 0 unspecified atom stereocenters. The van der Waals surface area contributed by atoms with Crippen LogP contribution in [0, 0.1) is 11.3 Å². The Morgan fingerprint density at radius 2 is 1.91 bits per heavy atom. The Balaban J connectivity index is 1.37. The fourth-order valence-corrected chi connectivity index (χ4v) is 4.25. The van der Waals surface area contributed by atoms with E-state index in [2.05, 4.69) is 11.4 Å². The van der Waals surface area contributed by atoms with E-state index in [4.69, 9.17) is 19.4 Å². The summed E-state index contributed by atoms with van der Waals surface area (Å²) in [6.07, 6.45) is 5.23. The number of nitrogens with one attached hydrogen (secondary N) is 1. The molecule has 4 aromatic rings. The van der Waals surface area contributed by atoms with E-state index >= 15 is 0 Å². The highest BCUT2D eigenvalue weighted by Gasteiger charge is 2.28. The number of fused-ring (bicyclic) bond motifs is 2. The predicted octanol–water partition coefficient (Wildman–Crippen LogP) is 5.18. The first-order chi connectivity index (χ1) is 17.1. The number of esters is 1. The molecule has 0 aliphatic heterocycles. The number of hydrogen-bond acceptors (Lipinski definition) is 6. The zero-order valence-corrected chi connectivity index (χ0v) is 18.8. The number of furan rings is 1. The zero-order chi connectivity index (χ0) is 24.2. The number of aromatic nitrogens is 1. The van der Waals surface area contributed by atoms with E-state index in [0.29, 0.717) is 35.0 Å². The van der Waals surface area contributed by atoms with Crippen LogP contribution in [0.2, 0.25) is 0 Å². The summed E-state index contributed by atoms with van der Waals surface area (Å²) in [5, 5.41) is 12.2. The van der Waals surface area contributed by atoms with Gasteiger partial charge in [0.2, 0.25) is 0 Å². The van der Waals surface area contributed by atoms with Gasteiger partial charge in [0.05, 0.1) is 35.5 Å². The lowest BCUT2D eigenvalue weighted by Gasteiger charge is -2.12. The minimum Gasteiger partial charge on any atom is -0.465 e. The van der Waals surface area contributed by atoms with E-state index in [-0.39, 0.29) is 0 Å². The number of benzene rings is 2. The number of anilines is 1. The lowest BCUT2D eigenvalue weighted by molar-refractivity contribution is -0.119. The molecule has 1 N–H and O–H groups in total. The Kier molecular flexibility index (Phi) is 6.10. The maximum Gasteiger partial charge on any atom is 0.339 e. The normalized spacial score (nSPS) is 13.4. The van der Waals surface area contributed by atoms with Crippen LogP contribution >= 0.6 is 0 Å². The molecule has 0 fully saturated rings. The van der Waals surface area contributed by atoms with Gasteiger partial charge in [-0.2, -0.15) is 5.26 Å². The Morgan fingerprint density at radius 3 is 2.69 bits per heavy atom. The second-order valence-electron chi connectivity index (χ2n) is 8.17. The molecule has 0 radical (unpaired) electrons. The average molecular weight is 463 g/mol. The highest BCUT2D eigenvalue weighted by atomic mass is 16.5. The second-order valence-corrected chi connectivity index (χ2v) is 8.17. The number of carbonyl (C=O) groups is 2. The van der Waals surface area contributed by atoms with Crippen LogP contribution in [-0.4, -0.2) is 23.5 Å². The van der Waals surface area contributed by atoms with Crippen molar-refractivity contribution in [1.29, 1.82) is 5.26 Å². The van der Waals surface area contributed by atoms with Crippen molar-refractivity contribution in [2.45, 2.75) is 19.3 Å². The van der Waals surface area contributed by atoms with Crippen LogP contribution in [0.1, 0.15) is 39.4 Å². The van der Waals surface area contributed by atoms with Gasteiger partial charge < -0.3 is 14.5 Å². The number of ether oxygens (including phenoxy) is 1. The maximum atomic E-state index is 13.2. The molecule has 2 heterocycles. The number of allylic oxidation sites excluding steroid dienone is 1. The molecule has 35 heavy (non-hydrogen) atoms. The fraction of sp³-hybridized carbons (Fsp3) is 0.143. The molecule has 1 aliphatic rings. The number of amides is 1. The molecule has 2 aromatic heterocycles. The lowest BCUT2D eigenvalue weighted by atomic mass is 10.0. The standard InChI is InChI=1S/C28H21N3O4/c29-14-13-18-7-10-20(11-8-18)30-25(32)17-35-28(33)26-22-5-1-2-6-24(22)31-27-19(9-12-23(26)27)16-21-4-3-15-34-21/h1-8,10-11,15-16H,9,12-13,17H2,(H,30,32)/b19-16+. The van der Waals surface area contributed by atoms with Crippen LogP contribution in [0.3, 0.4) is 0 Å². The third-order valence-electron chi connectivity index (χ3n) is 5.86. The fourth-order valence-electron chi connectivity index (χ4n) is 4.25. The molecule has 7 heteroatoms. The van der Waals surface area contributed by atoms with Gasteiger partial charge in [-0.15, -0.1) is 0 Å². The van der Waals surface area contributed by atoms with Crippen molar-refractivity contribution in [3.8, 4) is 6.07 Å². The van der Waals surface area contributed by atoms with Crippen LogP contribution in [0.25, 0.3) is 22.6 Å². The minimum absolute atomic E-state index is 0.300. The first-order valence-corrected chi connectivity index (χ1v) is 11.2. The summed E-state index contributed by atoms with van der Waals surface area (Å²) >= 11 is 0. The number of rotatable bonds is 6. The van der Waals surface area contributed by atoms with E-state index in [9.17, 15) is 9.59 Å². The molecule has 0 bridgehead atoms. The van der Waals surface area contributed by atoms with Crippen molar-refractivity contribution in [1.82, 2.24) is 4.98 Å². The highest BCUT2D eigenvalue weighted by Crippen LogP contribution is 2.37. The van der Waals surface area contributed by atoms with Crippen LogP contribution < -0.4 is 5.32 Å². The van der Waals surface area contributed by atoms with Crippen LogP contribution in [0.15, 0.2) is 71.3 Å². The molecule has 172 valence electrons. The summed E-state index contributed by atoms with van der Waals surface area (Å²) in [4.78, 5) is 30.4. The second kappa shape index (κ2) is 9.65. The number of nitrogens with zero attached hydrogens (tertiary/aromatic N) is 2. The number of carbonyl (C=O) groups excluding carboxylic acids is 2. The quantitative estimate of drug-likeness (QED) is 0.395. The van der Waals surface area contributed by atoms with E-state index < -0.39 is 18.5 Å². The molecular weight excluding hydrogens is 442 g/mol. The zero-order valence-electron chi connectivity index (χ0n) is 18.8. The van der Waals surface area contributed by atoms with Crippen molar-refractivity contribution < 1.29 is 18.7 Å². The smallest absolute Gasteiger partial charge is 0.339 e. The van der Waals surface area contributed by atoms with Crippen molar-refractivity contribution in [3.05, 3.63) is 95.1 Å². The Morgan fingerprint density at radius 1 is 1.09 bits per heavy atom. The largest absolute Gasteiger partial charge is 0.465 e. The van der Waals surface area contributed by atoms with Crippen molar-refractivity contribution in [2.75, 3.05) is 11.9 Å². The minimum atomic E-state index is -0.557. The van der Waals surface area contributed by atoms with Crippen molar-refractivity contribution >= 4 is 40.1 Å². The van der Waals surface area contributed by atoms with Gasteiger partial charge >= 0.3 is 5.97 Å². The molecular formula is C28H21N3O4. The molecule has 5 rings (SSSR count). The van der Waals surface area contributed by atoms with Gasteiger partial charge in [-0.3, -0.25) is 4.79 Å². The Hall–Kier alpha value is -4.70. The highest BCUT2D eigenvalue weighted by molar-refractivity contribution is 6.07. The van der Waals surface area contributed by atoms with Gasteiger partial charge in [-0.1, -0.05) is 30.3 Å². The van der Waals surface area contributed by atoms with E-state index in [0.717, 1.165) is 34.6 Å². The first kappa shape index (κ1) is 22.1. The summed E-state index contributed by atoms with van der Waals surface area (Å²) in [5.41, 5.74) is 5.13. The molecule has 0 atom stereocenters. The van der Waals surface area contributed by atoms with Crippen molar-refractivity contribution in [3.63, 3.8) is 0 Å². The molecule has 0 saturated carbocycles. The molecule has 7 nitrogen and oxygen atoms in total. The lowest BCUT2D eigenvalue weighted by Crippen LogP contribution is -2.21. The van der Waals surface area contributed by atoms with Gasteiger partial charge in [0, 0.05) is 11.1 Å². The van der Waals surface area contributed by atoms with Crippen LogP contribution in [-0.2, 0) is 22.4 Å². The van der Waals surface area contributed by atoms with Crippen LogP contribution in [0.4, 0.5) is 5.69 Å². The summed E-state index contributed by atoms with van der Waals surface area (Å²) in [6, 6.07) is 20.2. The SMILES string of the molecule is N#CCc1ccc(NC(=O)COC(=O)c2c3c(nc4ccccc24)/C(=C/c2ccco2)CC3)cc1. The number of para-hydroxylation sites is 1. The topological polar surface area (TPSA) is 105 Å². The van der Waals surface area contributed by atoms with Gasteiger partial charge in [0.15, 0.2) is 6.61 Å².